The summed E-state index contributed by atoms with van der Waals surface area (Å²) in [4.78, 5) is 23.9. The summed E-state index contributed by atoms with van der Waals surface area (Å²) in [5.41, 5.74) is 1.21. The number of hydrogen-bond donors (Lipinski definition) is 0. The minimum atomic E-state index is -0.490. The summed E-state index contributed by atoms with van der Waals surface area (Å²) in [6.07, 6.45) is 1.30. The second-order valence-electron chi connectivity index (χ2n) is 4.34. The summed E-state index contributed by atoms with van der Waals surface area (Å²) >= 11 is 0. The fourth-order valence-electron chi connectivity index (χ4n) is 1.88. The Bertz CT molecular complexity index is 647. The van der Waals surface area contributed by atoms with Crippen molar-refractivity contribution < 1.29 is 14.0 Å². The average Bonchev–Trinajstić information content (AvgIpc) is 2.68. The number of hydrogen-bond acceptors (Lipinski definition) is 3. The number of halogens is 1. The van der Waals surface area contributed by atoms with E-state index in [1.807, 2.05) is 0 Å². The molecule has 0 atom stereocenters. The van der Waals surface area contributed by atoms with Crippen LogP contribution in [-0.2, 0) is 7.05 Å². The van der Waals surface area contributed by atoms with Gasteiger partial charge in [-0.05, 0) is 19.1 Å². The quantitative estimate of drug-likeness (QED) is 0.626. The topological polar surface area (TPSA) is 52.0 Å². The molecule has 0 aliphatic rings. The van der Waals surface area contributed by atoms with Crippen LogP contribution >= 0.6 is 0 Å². The smallest absolute Gasteiger partial charge is 0.174 e. The molecule has 2 aromatic rings. The number of aromatic nitrogens is 2. The summed E-state index contributed by atoms with van der Waals surface area (Å²) in [6.45, 7) is 1.71. The number of nitrogens with zero attached hydrogens (tertiary/aromatic N) is 2. The van der Waals surface area contributed by atoms with Crippen molar-refractivity contribution in [3.63, 3.8) is 0 Å². The first kappa shape index (κ1) is 13.1. The van der Waals surface area contributed by atoms with Gasteiger partial charge in [0, 0.05) is 18.8 Å². The number of benzene rings is 1. The highest BCUT2D eigenvalue weighted by molar-refractivity contribution is 6.13. The third-order valence-electron chi connectivity index (χ3n) is 2.78. The largest absolute Gasteiger partial charge is 0.294 e. The van der Waals surface area contributed by atoms with Gasteiger partial charge in [-0.3, -0.25) is 14.3 Å². The molecule has 1 aromatic heterocycles. The zero-order valence-corrected chi connectivity index (χ0v) is 10.7. The molecule has 1 aromatic carbocycles. The maximum absolute atomic E-state index is 13.0. The van der Waals surface area contributed by atoms with E-state index in [1.54, 1.807) is 20.2 Å². The van der Waals surface area contributed by atoms with Gasteiger partial charge in [-0.2, -0.15) is 5.10 Å². The Kier molecular flexibility index (Phi) is 3.55. The van der Waals surface area contributed by atoms with Crippen molar-refractivity contribution in [2.24, 2.45) is 7.05 Å². The van der Waals surface area contributed by atoms with Crippen LogP contribution in [0.25, 0.3) is 0 Å². The van der Waals surface area contributed by atoms with E-state index in [9.17, 15) is 14.0 Å². The molecule has 0 spiro atoms. The van der Waals surface area contributed by atoms with Crippen molar-refractivity contribution in [1.82, 2.24) is 9.78 Å². The number of Topliss-reactive ketones (excluding diaryl/α,β-unsaturated/α-hetero) is 2. The number of rotatable bonds is 4. The molecule has 0 aliphatic heterocycles. The second kappa shape index (κ2) is 5.14. The molecule has 0 radical (unpaired) electrons. The first-order valence-corrected chi connectivity index (χ1v) is 5.79. The van der Waals surface area contributed by atoms with Crippen molar-refractivity contribution in [3.05, 3.63) is 53.1 Å². The fraction of sp³-hybridized carbons (Fsp3) is 0.214. The third-order valence-corrected chi connectivity index (χ3v) is 2.78. The van der Waals surface area contributed by atoms with Crippen LogP contribution in [0.4, 0.5) is 4.39 Å². The Labute approximate surface area is 109 Å². The molecule has 5 heteroatoms. The number of carbonyl (C=O) groups excluding carboxylic acids is 2. The van der Waals surface area contributed by atoms with Crippen LogP contribution in [0.1, 0.15) is 32.8 Å². The molecule has 0 bridgehead atoms. The minimum absolute atomic E-state index is 0.204. The van der Waals surface area contributed by atoms with E-state index < -0.39 is 11.6 Å². The number of aryl methyl sites for hydroxylation is 2. The van der Waals surface area contributed by atoms with Gasteiger partial charge in [-0.1, -0.05) is 12.1 Å². The predicted octanol–water partition coefficient (Wildman–Crippen LogP) is 2.32. The van der Waals surface area contributed by atoms with Crippen LogP contribution in [0.3, 0.4) is 0 Å². The van der Waals surface area contributed by atoms with E-state index in [0.29, 0.717) is 11.3 Å². The van der Waals surface area contributed by atoms with Gasteiger partial charge in [0.15, 0.2) is 11.6 Å². The van der Waals surface area contributed by atoms with Crippen molar-refractivity contribution in [3.8, 4) is 0 Å². The Morgan fingerprint density at radius 1 is 1.32 bits per heavy atom. The van der Waals surface area contributed by atoms with Crippen LogP contribution in [0.5, 0.6) is 0 Å². The lowest BCUT2D eigenvalue weighted by molar-refractivity contribution is 0.0893. The second-order valence-corrected chi connectivity index (χ2v) is 4.34. The zero-order chi connectivity index (χ0) is 14.0. The Morgan fingerprint density at radius 3 is 2.63 bits per heavy atom. The molecule has 0 fully saturated rings. The van der Waals surface area contributed by atoms with Gasteiger partial charge in [0.1, 0.15) is 5.82 Å². The first-order chi connectivity index (χ1) is 8.97. The molecule has 0 amide bonds. The molecule has 98 valence electrons. The van der Waals surface area contributed by atoms with E-state index in [2.05, 4.69) is 5.10 Å². The first-order valence-electron chi connectivity index (χ1n) is 5.79. The molecule has 0 saturated heterocycles. The highest BCUT2D eigenvalue weighted by atomic mass is 19.1. The van der Waals surface area contributed by atoms with Gasteiger partial charge < -0.3 is 0 Å². The fourth-order valence-corrected chi connectivity index (χ4v) is 1.88. The number of ketones is 2. The van der Waals surface area contributed by atoms with Gasteiger partial charge in [0.25, 0.3) is 0 Å². The molecule has 0 aliphatic carbocycles. The summed E-state index contributed by atoms with van der Waals surface area (Å²) in [7, 11) is 1.71. The molecule has 0 saturated carbocycles. The van der Waals surface area contributed by atoms with Crippen molar-refractivity contribution >= 4 is 11.6 Å². The predicted molar refractivity (Wildman–Crippen MR) is 67.6 cm³/mol. The minimum Gasteiger partial charge on any atom is -0.294 e. The number of carbonyl (C=O) groups is 2. The van der Waals surface area contributed by atoms with Crippen LogP contribution in [0, 0.1) is 12.7 Å². The average molecular weight is 260 g/mol. The molecular formula is C14H13FN2O2. The summed E-state index contributed by atoms with van der Waals surface area (Å²) in [5, 5.41) is 4.05. The SMILES string of the molecule is Cc1nn(C)cc1C(=O)CC(=O)c1cccc(F)c1. The highest BCUT2D eigenvalue weighted by Crippen LogP contribution is 2.12. The monoisotopic (exact) mass is 260 g/mol. The Balaban J connectivity index is 2.15. The summed E-state index contributed by atoms with van der Waals surface area (Å²) < 4.78 is 14.5. The van der Waals surface area contributed by atoms with Gasteiger partial charge >= 0.3 is 0 Å². The van der Waals surface area contributed by atoms with Crippen LogP contribution in [0.15, 0.2) is 30.5 Å². The Morgan fingerprint density at radius 2 is 2.05 bits per heavy atom. The Hall–Kier alpha value is -2.30. The van der Waals surface area contributed by atoms with E-state index in [1.165, 1.54) is 22.9 Å². The van der Waals surface area contributed by atoms with Crippen molar-refractivity contribution in [1.29, 1.82) is 0 Å². The van der Waals surface area contributed by atoms with Crippen LogP contribution < -0.4 is 0 Å². The van der Waals surface area contributed by atoms with E-state index in [-0.39, 0.29) is 17.8 Å². The van der Waals surface area contributed by atoms with Crippen molar-refractivity contribution in [2.75, 3.05) is 0 Å². The van der Waals surface area contributed by atoms with Gasteiger partial charge in [0.2, 0.25) is 0 Å². The highest BCUT2D eigenvalue weighted by Gasteiger charge is 2.17. The standard InChI is InChI=1S/C14H13FN2O2/c1-9-12(8-17(2)16-9)14(19)7-13(18)10-4-3-5-11(15)6-10/h3-6,8H,7H2,1-2H3. The zero-order valence-electron chi connectivity index (χ0n) is 10.7. The van der Waals surface area contributed by atoms with E-state index >= 15 is 0 Å². The maximum Gasteiger partial charge on any atom is 0.174 e. The van der Waals surface area contributed by atoms with Gasteiger partial charge in [0.05, 0.1) is 17.7 Å². The molecule has 1 heterocycles. The van der Waals surface area contributed by atoms with Crippen LogP contribution in [-0.4, -0.2) is 21.3 Å². The molecule has 19 heavy (non-hydrogen) atoms. The summed E-state index contributed by atoms with van der Waals surface area (Å²) in [5.74, 6) is -1.19. The third kappa shape index (κ3) is 2.93. The molecular weight excluding hydrogens is 247 g/mol. The lowest BCUT2D eigenvalue weighted by Gasteiger charge is -2.00. The lowest BCUT2D eigenvalue weighted by atomic mass is 10.0. The van der Waals surface area contributed by atoms with E-state index in [4.69, 9.17) is 0 Å². The van der Waals surface area contributed by atoms with Gasteiger partial charge in [-0.15, -0.1) is 0 Å². The molecule has 4 nitrogen and oxygen atoms in total. The lowest BCUT2D eigenvalue weighted by Crippen LogP contribution is -2.09. The normalized spacial score (nSPS) is 10.5. The summed E-state index contributed by atoms with van der Waals surface area (Å²) in [6, 6.07) is 5.33. The molecule has 2 rings (SSSR count). The molecule has 0 unspecified atom stereocenters. The van der Waals surface area contributed by atoms with Gasteiger partial charge in [-0.25, -0.2) is 4.39 Å². The molecule has 0 N–H and O–H groups in total. The van der Waals surface area contributed by atoms with Crippen molar-refractivity contribution in [2.45, 2.75) is 13.3 Å². The maximum atomic E-state index is 13.0. The van der Waals surface area contributed by atoms with E-state index in [0.717, 1.165) is 6.07 Å². The van der Waals surface area contributed by atoms with Crippen LogP contribution in [0.2, 0.25) is 0 Å².